The van der Waals surface area contributed by atoms with E-state index in [1.54, 1.807) is 0 Å². The smallest absolute Gasteiger partial charge is 0.158 e. The molecule has 0 bridgehead atoms. The maximum Gasteiger partial charge on any atom is 0.158 e. The molecule has 0 radical (unpaired) electrons. The molecule has 16 heavy (non-hydrogen) atoms. The fourth-order valence-electron chi connectivity index (χ4n) is 2.11. The fourth-order valence-corrected chi connectivity index (χ4v) is 2.11. The summed E-state index contributed by atoms with van der Waals surface area (Å²) in [6.45, 7) is 2.13. The Morgan fingerprint density at radius 1 is 1.12 bits per heavy atom. The standard InChI is InChI=1S/C13H13N3/c1-10-15-12-8-5-9-14-13(12)16(10)11-6-3-2-4-7-11/h2-10,15H,1H3. The molecule has 0 saturated heterocycles. The normalized spacial score (nSPS) is 18.1. The van der Waals surface area contributed by atoms with Gasteiger partial charge in [-0.25, -0.2) is 4.98 Å². The molecule has 1 atom stereocenters. The molecule has 2 heterocycles. The molecular weight excluding hydrogens is 198 g/mol. The number of hydrogen-bond acceptors (Lipinski definition) is 3. The van der Waals surface area contributed by atoms with E-state index in [9.17, 15) is 0 Å². The lowest BCUT2D eigenvalue weighted by molar-refractivity contribution is 0.834. The minimum absolute atomic E-state index is 0.243. The van der Waals surface area contributed by atoms with Gasteiger partial charge in [0, 0.05) is 11.9 Å². The third-order valence-corrected chi connectivity index (χ3v) is 2.80. The van der Waals surface area contributed by atoms with Crippen LogP contribution in [0.15, 0.2) is 48.7 Å². The molecule has 1 aromatic heterocycles. The van der Waals surface area contributed by atoms with Crippen molar-refractivity contribution in [3.8, 4) is 0 Å². The van der Waals surface area contributed by atoms with Crippen LogP contribution in [0.3, 0.4) is 0 Å². The Labute approximate surface area is 94.7 Å². The quantitative estimate of drug-likeness (QED) is 0.786. The van der Waals surface area contributed by atoms with Gasteiger partial charge in [-0.2, -0.15) is 0 Å². The minimum atomic E-state index is 0.243. The zero-order chi connectivity index (χ0) is 11.0. The van der Waals surface area contributed by atoms with Crippen LogP contribution in [0.1, 0.15) is 6.92 Å². The van der Waals surface area contributed by atoms with Gasteiger partial charge in [0.05, 0.1) is 5.69 Å². The van der Waals surface area contributed by atoms with Crippen molar-refractivity contribution < 1.29 is 0 Å². The molecule has 0 saturated carbocycles. The van der Waals surface area contributed by atoms with Crippen molar-refractivity contribution in [2.24, 2.45) is 0 Å². The summed E-state index contributed by atoms with van der Waals surface area (Å²) in [6, 6.07) is 14.3. The molecule has 1 aromatic carbocycles. The molecular formula is C13H13N3. The first-order valence-electron chi connectivity index (χ1n) is 5.42. The molecule has 1 N–H and O–H groups in total. The molecule has 1 unspecified atom stereocenters. The van der Waals surface area contributed by atoms with Crippen LogP contribution in [0.2, 0.25) is 0 Å². The molecule has 2 aromatic rings. The van der Waals surface area contributed by atoms with Gasteiger partial charge >= 0.3 is 0 Å². The molecule has 0 spiro atoms. The highest BCUT2D eigenvalue weighted by molar-refractivity contribution is 5.78. The number of fused-ring (bicyclic) bond motifs is 1. The first-order valence-corrected chi connectivity index (χ1v) is 5.42. The maximum atomic E-state index is 4.43. The van der Waals surface area contributed by atoms with Gasteiger partial charge in [0.1, 0.15) is 6.17 Å². The molecule has 1 aliphatic heterocycles. The molecule has 3 heteroatoms. The zero-order valence-corrected chi connectivity index (χ0v) is 9.09. The monoisotopic (exact) mass is 211 g/mol. The summed E-state index contributed by atoms with van der Waals surface area (Å²) >= 11 is 0. The molecule has 0 amide bonds. The second kappa shape index (κ2) is 3.52. The van der Waals surface area contributed by atoms with E-state index in [0.717, 1.165) is 11.5 Å². The first-order chi connectivity index (χ1) is 7.86. The van der Waals surface area contributed by atoms with Gasteiger partial charge in [-0.15, -0.1) is 0 Å². The topological polar surface area (TPSA) is 28.2 Å². The van der Waals surface area contributed by atoms with Crippen LogP contribution in [0.4, 0.5) is 17.2 Å². The van der Waals surface area contributed by atoms with E-state index in [4.69, 9.17) is 0 Å². The summed E-state index contributed by atoms with van der Waals surface area (Å²) < 4.78 is 0. The summed E-state index contributed by atoms with van der Waals surface area (Å²) in [7, 11) is 0. The molecule has 0 fully saturated rings. The van der Waals surface area contributed by atoms with Crippen LogP contribution in [0.5, 0.6) is 0 Å². The SMILES string of the molecule is CC1Nc2cccnc2N1c1ccccc1. The third kappa shape index (κ3) is 1.33. The number of aromatic nitrogens is 1. The lowest BCUT2D eigenvalue weighted by atomic mass is 10.3. The highest BCUT2D eigenvalue weighted by Gasteiger charge is 2.27. The average molecular weight is 211 g/mol. The number of hydrogen-bond donors (Lipinski definition) is 1. The number of benzene rings is 1. The van der Waals surface area contributed by atoms with Crippen LogP contribution >= 0.6 is 0 Å². The number of nitrogens with zero attached hydrogens (tertiary/aromatic N) is 2. The minimum Gasteiger partial charge on any atom is -0.362 e. The van der Waals surface area contributed by atoms with E-state index < -0.39 is 0 Å². The van der Waals surface area contributed by atoms with Crippen LogP contribution < -0.4 is 10.2 Å². The lowest BCUT2D eigenvalue weighted by Crippen LogP contribution is -2.28. The fraction of sp³-hybridized carbons (Fsp3) is 0.154. The van der Waals surface area contributed by atoms with Crippen molar-refractivity contribution in [3.05, 3.63) is 48.7 Å². The number of rotatable bonds is 1. The zero-order valence-electron chi connectivity index (χ0n) is 9.09. The molecule has 3 rings (SSSR count). The third-order valence-electron chi connectivity index (χ3n) is 2.80. The van der Waals surface area contributed by atoms with Gasteiger partial charge in [-0.05, 0) is 31.2 Å². The maximum absolute atomic E-state index is 4.43. The second-order valence-electron chi connectivity index (χ2n) is 3.90. The number of anilines is 3. The predicted octanol–water partition coefficient (Wildman–Crippen LogP) is 2.99. The Balaban J connectivity index is 2.09. The van der Waals surface area contributed by atoms with E-state index in [2.05, 4.69) is 40.3 Å². The average Bonchev–Trinajstić information content (AvgIpc) is 2.66. The van der Waals surface area contributed by atoms with Crippen LogP contribution in [0.25, 0.3) is 0 Å². The molecule has 3 nitrogen and oxygen atoms in total. The van der Waals surface area contributed by atoms with Gasteiger partial charge in [-0.3, -0.25) is 0 Å². The predicted molar refractivity (Wildman–Crippen MR) is 65.9 cm³/mol. The summed E-state index contributed by atoms with van der Waals surface area (Å²) in [6.07, 6.45) is 2.07. The van der Waals surface area contributed by atoms with Gasteiger partial charge < -0.3 is 10.2 Å². The lowest BCUT2D eigenvalue weighted by Gasteiger charge is -2.22. The van der Waals surface area contributed by atoms with Crippen molar-refractivity contribution in [1.29, 1.82) is 0 Å². The van der Waals surface area contributed by atoms with Gasteiger partial charge in [0.2, 0.25) is 0 Å². The Morgan fingerprint density at radius 3 is 2.75 bits per heavy atom. The summed E-state index contributed by atoms with van der Waals surface area (Å²) in [5, 5.41) is 3.41. The van der Waals surface area contributed by atoms with Gasteiger partial charge in [-0.1, -0.05) is 18.2 Å². The van der Waals surface area contributed by atoms with E-state index >= 15 is 0 Å². The van der Waals surface area contributed by atoms with Crippen LogP contribution in [0, 0.1) is 0 Å². The van der Waals surface area contributed by atoms with Gasteiger partial charge in [0.25, 0.3) is 0 Å². The second-order valence-corrected chi connectivity index (χ2v) is 3.90. The van der Waals surface area contributed by atoms with Crippen molar-refractivity contribution in [2.75, 3.05) is 10.2 Å². The van der Waals surface area contributed by atoms with Crippen molar-refractivity contribution >= 4 is 17.2 Å². The van der Waals surface area contributed by atoms with Gasteiger partial charge in [0.15, 0.2) is 5.82 Å². The Morgan fingerprint density at radius 2 is 1.94 bits per heavy atom. The summed E-state index contributed by atoms with van der Waals surface area (Å²) in [5.74, 6) is 1.00. The van der Waals surface area contributed by atoms with Crippen molar-refractivity contribution in [1.82, 2.24) is 4.98 Å². The molecule has 0 aliphatic carbocycles. The largest absolute Gasteiger partial charge is 0.362 e. The highest BCUT2D eigenvalue weighted by atomic mass is 15.4. The Hall–Kier alpha value is -2.03. The molecule has 80 valence electrons. The number of para-hydroxylation sites is 1. The molecule has 1 aliphatic rings. The van der Waals surface area contributed by atoms with E-state index in [1.165, 1.54) is 5.69 Å². The van der Waals surface area contributed by atoms with E-state index in [-0.39, 0.29) is 6.17 Å². The first kappa shape index (κ1) is 9.21. The Bertz CT molecular complexity index is 496. The summed E-state index contributed by atoms with van der Waals surface area (Å²) in [5.41, 5.74) is 2.26. The number of pyridine rings is 1. The van der Waals surface area contributed by atoms with E-state index in [1.807, 2.05) is 30.5 Å². The number of nitrogens with one attached hydrogen (secondary N) is 1. The van der Waals surface area contributed by atoms with Crippen LogP contribution in [-0.2, 0) is 0 Å². The van der Waals surface area contributed by atoms with E-state index in [0.29, 0.717) is 0 Å². The van der Waals surface area contributed by atoms with Crippen molar-refractivity contribution in [3.63, 3.8) is 0 Å². The van der Waals surface area contributed by atoms with Crippen LogP contribution in [-0.4, -0.2) is 11.1 Å². The highest BCUT2D eigenvalue weighted by Crippen LogP contribution is 2.37. The van der Waals surface area contributed by atoms with Crippen molar-refractivity contribution in [2.45, 2.75) is 13.1 Å². The Kier molecular flexibility index (Phi) is 2.03. The summed E-state index contributed by atoms with van der Waals surface area (Å²) in [4.78, 5) is 6.63.